The predicted molar refractivity (Wildman–Crippen MR) is 67.5 cm³/mol. The molecule has 0 spiro atoms. The van der Waals surface area contributed by atoms with Gasteiger partial charge in [-0.3, -0.25) is 0 Å². The van der Waals surface area contributed by atoms with Gasteiger partial charge in [-0.15, -0.1) is 0 Å². The Bertz CT molecular complexity index is 461. The highest BCUT2D eigenvalue weighted by atomic mass is 16.5. The first-order valence-electron chi connectivity index (χ1n) is 5.96. The van der Waals surface area contributed by atoms with Gasteiger partial charge in [-0.2, -0.15) is 5.26 Å². The molecule has 96 valence electrons. The minimum absolute atomic E-state index is 0.0185. The fraction of sp³-hybridized carbons (Fsp3) is 0.429. The van der Waals surface area contributed by atoms with Crippen LogP contribution in [0.4, 0.5) is 0 Å². The van der Waals surface area contributed by atoms with E-state index in [1.165, 1.54) is 6.07 Å². The highest BCUT2D eigenvalue weighted by Gasteiger charge is 2.12. The van der Waals surface area contributed by atoms with Gasteiger partial charge in [0.25, 0.3) is 0 Å². The summed E-state index contributed by atoms with van der Waals surface area (Å²) < 4.78 is 10.5. The monoisotopic (exact) mass is 247 g/mol. The Labute approximate surface area is 107 Å². The lowest BCUT2D eigenvalue weighted by molar-refractivity contribution is 0.0505. The Morgan fingerprint density at radius 3 is 2.72 bits per heavy atom. The summed E-state index contributed by atoms with van der Waals surface area (Å²) in [5, 5.41) is 9.03. The van der Waals surface area contributed by atoms with E-state index in [0.29, 0.717) is 23.5 Å². The van der Waals surface area contributed by atoms with E-state index in [4.69, 9.17) is 14.7 Å². The maximum absolute atomic E-state index is 11.6. The maximum Gasteiger partial charge on any atom is 0.338 e. The van der Waals surface area contributed by atoms with Crippen molar-refractivity contribution in [3.05, 3.63) is 29.3 Å². The standard InChI is InChI=1S/C14H17NO3/c1-4-7-17-14(16)11-5-6-13(18-10(2)3)12(8-11)9-15/h5-6,8,10H,4,7H2,1-3H3. The second-order valence-electron chi connectivity index (χ2n) is 4.13. The molecule has 0 radical (unpaired) electrons. The van der Waals surface area contributed by atoms with Gasteiger partial charge in [-0.1, -0.05) is 6.92 Å². The largest absolute Gasteiger partial charge is 0.490 e. The molecule has 1 aromatic rings. The van der Waals surface area contributed by atoms with Gasteiger partial charge in [0, 0.05) is 0 Å². The van der Waals surface area contributed by atoms with Crippen molar-refractivity contribution in [2.24, 2.45) is 0 Å². The molecule has 0 atom stereocenters. The third-order valence-electron chi connectivity index (χ3n) is 2.14. The highest BCUT2D eigenvalue weighted by Crippen LogP contribution is 2.21. The van der Waals surface area contributed by atoms with Crippen LogP contribution in [-0.4, -0.2) is 18.7 Å². The molecular formula is C14H17NO3. The van der Waals surface area contributed by atoms with Crippen molar-refractivity contribution < 1.29 is 14.3 Å². The molecule has 0 aliphatic heterocycles. The second kappa shape index (κ2) is 6.65. The van der Waals surface area contributed by atoms with Gasteiger partial charge in [0.2, 0.25) is 0 Å². The van der Waals surface area contributed by atoms with Crippen LogP contribution in [0.3, 0.4) is 0 Å². The number of esters is 1. The lowest BCUT2D eigenvalue weighted by atomic mass is 10.1. The normalized spacial score (nSPS) is 9.94. The lowest BCUT2D eigenvalue weighted by Gasteiger charge is -2.11. The number of nitriles is 1. The Morgan fingerprint density at radius 1 is 1.44 bits per heavy atom. The van der Waals surface area contributed by atoms with Crippen molar-refractivity contribution in [3.63, 3.8) is 0 Å². The second-order valence-corrected chi connectivity index (χ2v) is 4.13. The molecule has 0 amide bonds. The molecule has 4 heteroatoms. The average molecular weight is 247 g/mol. The van der Waals surface area contributed by atoms with Crippen LogP contribution in [0.5, 0.6) is 5.75 Å². The number of nitrogens with zero attached hydrogens (tertiary/aromatic N) is 1. The topological polar surface area (TPSA) is 59.3 Å². The van der Waals surface area contributed by atoms with Crippen molar-refractivity contribution in [1.29, 1.82) is 5.26 Å². The van der Waals surface area contributed by atoms with Crippen molar-refractivity contribution in [2.75, 3.05) is 6.61 Å². The molecule has 0 fully saturated rings. The van der Waals surface area contributed by atoms with Crippen LogP contribution in [0, 0.1) is 11.3 Å². The molecule has 1 rings (SSSR count). The molecule has 0 saturated carbocycles. The number of hydrogen-bond donors (Lipinski definition) is 0. The minimum atomic E-state index is -0.413. The molecule has 0 aliphatic rings. The number of rotatable bonds is 5. The van der Waals surface area contributed by atoms with E-state index < -0.39 is 5.97 Å². The van der Waals surface area contributed by atoms with Crippen LogP contribution in [0.1, 0.15) is 43.1 Å². The summed E-state index contributed by atoms with van der Waals surface area (Å²) in [4.78, 5) is 11.6. The summed E-state index contributed by atoms with van der Waals surface area (Å²) in [5.74, 6) is 0.0731. The fourth-order valence-electron chi connectivity index (χ4n) is 1.38. The quantitative estimate of drug-likeness (QED) is 0.750. The number of carbonyl (C=O) groups is 1. The highest BCUT2D eigenvalue weighted by molar-refractivity contribution is 5.90. The van der Waals surface area contributed by atoms with Crippen LogP contribution in [0.15, 0.2) is 18.2 Å². The minimum Gasteiger partial charge on any atom is -0.490 e. The van der Waals surface area contributed by atoms with Crippen molar-refractivity contribution in [1.82, 2.24) is 0 Å². The molecule has 4 nitrogen and oxygen atoms in total. The Hall–Kier alpha value is -2.02. The summed E-state index contributed by atoms with van der Waals surface area (Å²) in [7, 11) is 0. The first-order chi connectivity index (χ1) is 8.58. The molecular weight excluding hydrogens is 230 g/mol. The van der Waals surface area contributed by atoms with E-state index >= 15 is 0 Å². The summed E-state index contributed by atoms with van der Waals surface area (Å²) in [6.07, 6.45) is 0.751. The van der Waals surface area contributed by atoms with E-state index in [2.05, 4.69) is 0 Å². The zero-order chi connectivity index (χ0) is 13.5. The summed E-state index contributed by atoms with van der Waals surface area (Å²) >= 11 is 0. The molecule has 18 heavy (non-hydrogen) atoms. The van der Waals surface area contributed by atoms with Crippen LogP contribution in [0.25, 0.3) is 0 Å². The molecule has 0 bridgehead atoms. The molecule has 0 N–H and O–H groups in total. The van der Waals surface area contributed by atoms with E-state index in [9.17, 15) is 4.79 Å². The lowest BCUT2D eigenvalue weighted by Crippen LogP contribution is -2.09. The zero-order valence-corrected chi connectivity index (χ0v) is 10.9. The van der Waals surface area contributed by atoms with E-state index in [1.54, 1.807) is 12.1 Å². The maximum atomic E-state index is 11.6. The molecule has 0 saturated heterocycles. The molecule has 0 unspecified atom stereocenters. The van der Waals surface area contributed by atoms with Gasteiger partial charge in [-0.05, 0) is 38.5 Å². The molecule has 1 aromatic carbocycles. The number of carbonyl (C=O) groups excluding carboxylic acids is 1. The third-order valence-corrected chi connectivity index (χ3v) is 2.14. The summed E-state index contributed by atoms with van der Waals surface area (Å²) in [5.41, 5.74) is 0.714. The van der Waals surface area contributed by atoms with Gasteiger partial charge in [0.05, 0.1) is 23.8 Å². The van der Waals surface area contributed by atoms with Crippen molar-refractivity contribution in [3.8, 4) is 11.8 Å². The van der Waals surface area contributed by atoms with Gasteiger partial charge >= 0.3 is 5.97 Å². The van der Waals surface area contributed by atoms with Crippen LogP contribution < -0.4 is 4.74 Å². The SMILES string of the molecule is CCCOC(=O)c1ccc(OC(C)C)c(C#N)c1. The van der Waals surface area contributed by atoms with E-state index in [1.807, 2.05) is 26.8 Å². The van der Waals surface area contributed by atoms with Gasteiger partial charge in [0.15, 0.2) is 0 Å². The van der Waals surface area contributed by atoms with Gasteiger partial charge in [-0.25, -0.2) is 4.79 Å². The number of ether oxygens (including phenoxy) is 2. The first-order valence-corrected chi connectivity index (χ1v) is 5.96. The summed E-state index contributed by atoms with van der Waals surface area (Å²) in [6, 6.07) is 6.75. The van der Waals surface area contributed by atoms with Gasteiger partial charge < -0.3 is 9.47 Å². The molecule has 0 aromatic heterocycles. The van der Waals surface area contributed by atoms with Crippen molar-refractivity contribution in [2.45, 2.75) is 33.3 Å². The number of benzene rings is 1. The number of hydrogen-bond acceptors (Lipinski definition) is 4. The smallest absolute Gasteiger partial charge is 0.338 e. The van der Waals surface area contributed by atoms with Crippen molar-refractivity contribution >= 4 is 5.97 Å². The first kappa shape index (κ1) is 14.0. The van der Waals surface area contributed by atoms with Crippen LogP contribution >= 0.6 is 0 Å². The molecule has 0 heterocycles. The third kappa shape index (κ3) is 3.77. The average Bonchev–Trinajstić information content (AvgIpc) is 2.35. The Kier molecular flexibility index (Phi) is 5.19. The summed E-state index contributed by atoms with van der Waals surface area (Å²) in [6.45, 7) is 6.06. The zero-order valence-electron chi connectivity index (χ0n) is 10.9. The van der Waals surface area contributed by atoms with Gasteiger partial charge in [0.1, 0.15) is 11.8 Å². The van der Waals surface area contributed by atoms with Crippen LogP contribution in [-0.2, 0) is 4.74 Å². The van der Waals surface area contributed by atoms with E-state index in [-0.39, 0.29) is 6.10 Å². The van der Waals surface area contributed by atoms with E-state index in [0.717, 1.165) is 6.42 Å². The van der Waals surface area contributed by atoms with Crippen LogP contribution in [0.2, 0.25) is 0 Å². The fourth-order valence-corrected chi connectivity index (χ4v) is 1.38. The Balaban J connectivity index is 2.92. The molecule has 0 aliphatic carbocycles. The predicted octanol–water partition coefficient (Wildman–Crippen LogP) is 2.91. The Morgan fingerprint density at radius 2 is 2.17 bits per heavy atom.